The summed E-state index contributed by atoms with van der Waals surface area (Å²) < 4.78 is 2.02. The first-order chi connectivity index (χ1) is 9.61. The number of carbonyl (C=O) groups is 1. The molecule has 1 aromatic heterocycles. The number of imidazole rings is 1. The van der Waals surface area contributed by atoms with Gasteiger partial charge in [0.1, 0.15) is 0 Å². The fraction of sp³-hybridized carbons (Fsp3) is 0.286. The number of carboxylic acids is 1. The van der Waals surface area contributed by atoms with Crippen LogP contribution in [0.3, 0.4) is 0 Å². The van der Waals surface area contributed by atoms with E-state index in [4.69, 9.17) is 16.7 Å². The molecule has 1 N–H and O–H groups in total. The molecule has 0 spiro atoms. The predicted molar refractivity (Wildman–Crippen MR) is 80.5 cm³/mol. The van der Waals surface area contributed by atoms with Crippen molar-refractivity contribution in [3.63, 3.8) is 0 Å². The molecule has 20 heavy (non-hydrogen) atoms. The van der Waals surface area contributed by atoms with Crippen LogP contribution in [0.4, 0.5) is 0 Å². The molecule has 4 nitrogen and oxygen atoms in total. The maximum absolute atomic E-state index is 10.7. The molecule has 106 valence electrons. The summed E-state index contributed by atoms with van der Waals surface area (Å²) >= 11 is 7.41. The van der Waals surface area contributed by atoms with Crippen LogP contribution in [0.1, 0.15) is 18.2 Å². The Hall–Kier alpha value is -1.46. The lowest BCUT2D eigenvalue weighted by molar-refractivity contribution is -0.133. The predicted octanol–water partition coefficient (Wildman–Crippen LogP) is 3.32. The maximum atomic E-state index is 10.7. The van der Waals surface area contributed by atoms with Crippen LogP contribution in [0.25, 0.3) is 0 Å². The van der Waals surface area contributed by atoms with Crippen molar-refractivity contribution in [3.8, 4) is 0 Å². The summed E-state index contributed by atoms with van der Waals surface area (Å²) in [5.41, 5.74) is 2.07. The molecule has 0 radical (unpaired) electrons. The second-order valence-electron chi connectivity index (χ2n) is 4.25. The Balaban J connectivity index is 2.27. The van der Waals surface area contributed by atoms with Crippen molar-refractivity contribution in [1.82, 2.24) is 9.55 Å². The molecule has 2 rings (SSSR count). The van der Waals surface area contributed by atoms with Crippen LogP contribution in [0, 0.1) is 0 Å². The van der Waals surface area contributed by atoms with Crippen LogP contribution < -0.4 is 0 Å². The molecule has 0 saturated carbocycles. The molecule has 1 aromatic carbocycles. The van der Waals surface area contributed by atoms with Crippen molar-refractivity contribution >= 4 is 29.3 Å². The SMILES string of the molecule is CCc1cnc(SCC(=O)O)n1Cc1ccccc1Cl. The minimum atomic E-state index is -0.847. The molecule has 0 atom stereocenters. The summed E-state index contributed by atoms with van der Waals surface area (Å²) in [5, 5.41) is 10.2. The highest BCUT2D eigenvalue weighted by Gasteiger charge is 2.12. The first-order valence-corrected chi connectivity index (χ1v) is 7.60. The molecule has 1 heterocycles. The number of nitrogens with zero attached hydrogens (tertiary/aromatic N) is 2. The van der Waals surface area contributed by atoms with Gasteiger partial charge < -0.3 is 9.67 Å². The zero-order chi connectivity index (χ0) is 14.5. The van der Waals surface area contributed by atoms with E-state index >= 15 is 0 Å². The zero-order valence-corrected chi connectivity index (χ0v) is 12.6. The van der Waals surface area contributed by atoms with Gasteiger partial charge in [0.05, 0.1) is 12.3 Å². The highest BCUT2D eigenvalue weighted by atomic mass is 35.5. The molecule has 0 fully saturated rings. The number of halogens is 1. The molecule has 2 aromatic rings. The van der Waals surface area contributed by atoms with Crippen molar-refractivity contribution in [3.05, 3.63) is 46.7 Å². The van der Waals surface area contributed by atoms with Crippen molar-refractivity contribution in [2.75, 3.05) is 5.75 Å². The molecule has 0 saturated heterocycles. The number of carboxylic acid groups (broad SMARTS) is 1. The van der Waals surface area contributed by atoms with E-state index in [1.165, 1.54) is 11.8 Å². The van der Waals surface area contributed by atoms with E-state index in [2.05, 4.69) is 4.98 Å². The molecule has 6 heteroatoms. The second-order valence-corrected chi connectivity index (χ2v) is 5.60. The quantitative estimate of drug-likeness (QED) is 0.832. The van der Waals surface area contributed by atoms with Crippen molar-refractivity contribution < 1.29 is 9.90 Å². The van der Waals surface area contributed by atoms with E-state index < -0.39 is 5.97 Å². The van der Waals surface area contributed by atoms with Crippen molar-refractivity contribution in [1.29, 1.82) is 0 Å². The van der Waals surface area contributed by atoms with E-state index in [1.807, 2.05) is 35.8 Å². The monoisotopic (exact) mass is 310 g/mol. The molecule has 0 unspecified atom stereocenters. The summed E-state index contributed by atoms with van der Waals surface area (Å²) in [4.78, 5) is 15.0. The molecule has 0 aliphatic rings. The average Bonchev–Trinajstić information content (AvgIpc) is 2.81. The number of benzene rings is 1. The summed E-state index contributed by atoms with van der Waals surface area (Å²) in [6.07, 6.45) is 2.63. The van der Waals surface area contributed by atoms with Gasteiger partial charge in [-0.3, -0.25) is 4.79 Å². The molecule has 0 bridgehead atoms. The lowest BCUT2D eigenvalue weighted by Crippen LogP contribution is -2.07. The van der Waals surface area contributed by atoms with Gasteiger partial charge in [-0.15, -0.1) is 0 Å². The maximum Gasteiger partial charge on any atom is 0.313 e. The summed E-state index contributed by atoms with van der Waals surface area (Å²) in [7, 11) is 0. The van der Waals surface area contributed by atoms with Gasteiger partial charge in [-0.2, -0.15) is 0 Å². The van der Waals surface area contributed by atoms with Crippen LogP contribution in [0.15, 0.2) is 35.6 Å². The van der Waals surface area contributed by atoms with E-state index in [0.717, 1.165) is 17.7 Å². The third-order valence-corrected chi connectivity index (χ3v) is 4.22. The van der Waals surface area contributed by atoms with E-state index in [0.29, 0.717) is 16.7 Å². The van der Waals surface area contributed by atoms with E-state index in [9.17, 15) is 4.79 Å². The number of thioether (sulfide) groups is 1. The normalized spacial score (nSPS) is 10.7. The first kappa shape index (κ1) is 14.9. The Morgan fingerprint density at radius 3 is 2.85 bits per heavy atom. The molecule has 0 amide bonds. The topological polar surface area (TPSA) is 55.1 Å². The number of aliphatic carboxylic acids is 1. The average molecular weight is 311 g/mol. The molecule has 0 aliphatic heterocycles. The number of aromatic nitrogens is 2. The Morgan fingerprint density at radius 1 is 1.45 bits per heavy atom. The highest BCUT2D eigenvalue weighted by Crippen LogP contribution is 2.23. The van der Waals surface area contributed by atoms with Crippen molar-refractivity contribution in [2.45, 2.75) is 25.0 Å². The minimum Gasteiger partial charge on any atom is -0.481 e. The lowest BCUT2D eigenvalue weighted by atomic mass is 10.2. The van der Waals surface area contributed by atoms with Gasteiger partial charge in [0.25, 0.3) is 0 Å². The van der Waals surface area contributed by atoms with Gasteiger partial charge in [-0.05, 0) is 18.1 Å². The van der Waals surface area contributed by atoms with Crippen molar-refractivity contribution in [2.24, 2.45) is 0 Å². The summed E-state index contributed by atoms with van der Waals surface area (Å²) in [6, 6.07) is 7.64. The fourth-order valence-electron chi connectivity index (χ4n) is 1.88. The third kappa shape index (κ3) is 3.55. The van der Waals surface area contributed by atoms with Gasteiger partial charge in [0.2, 0.25) is 0 Å². The Bertz CT molecular complexity index is 613. The van der Waals surface area contributed by atoms with Crippen LogP contribution in [-0.2, 0) is 17.8 Å². The number of hydrogen-bond donors (Lipinski definition) is 1. The highest BCUT2D eigenvalue weighted by molar-refractivity contribution is 7.99. The van der Waals surface area contributed by atoms with Gasteiger partial charge in [0, 0.05) is 16.9 Å². The van der Waals surface area contributed by atoms with E-state index in [1.54, 1.807) is 6.20 Å². The number of rotatable bonds is 6. The smallest absolute Gasteiger partial charge is 0.313 e. The zero-order valence-electron chi connectivity index (χ0n) is 11.0. The van der Waals surface area contributed by atoms with Crippen LogP contribution in [-0.4, -0.2) is 26.4 Å². The van der Waals surface area contributed by atoms with Crippen LogP contribution in [0.2, 0.25) is 5.02 Å². The van der Waals surface area contributed by atoms with Gasteiger partial charge in [0.15, 0.2) is 5.16 Å². The van der Waals surface area contributed by atoms with Gasteiger partial charge >= 0.3 is 5.97 Å². The second kappa shape index (κ2) is 6.81. The minimum absolute atomic E-state index is 0.00267. The van der Waals surface area contributed by atoms with E-state index in [-0.39, 0.29) is 5.75 Å². The van der Waals surface area contributed by atoms with Crippen LogP contribution >= 0.6 is 23.4 Å². The standard InChI is InChI=1S/C14H15ClN2O2S/c1-2-11-7-16-14(20-9-13(18)19)17(11)8-10-5-3-4-6-12(10)15/h3-7H,2,8-9H2,1H3,(H,18,19). The van der Waals surface area contributed by atoms with Crippen LogP contribution in [0.5, 0.6) is 0 Å². The Labute approximate surface area is 126 Å². The summed E-state index contributed by atoms with van der Waals surface area (Å²) in [6.45, 7) is 2.65. The molecule has 0 aliphatic carbocycles. The number of hydrogen-bond acceptors (Lipinski definition) is 3. The Morgan fingerprint density at radius 2 is 2.20 bits per heavy atom. The van der Waals surface area contributed by atoms with Gasteiger partial charge in [-0.25, -0.2) is 4.98 Å². The first-order valence-electron chi connectivity index (χ1n) is 6.24. The lowest BCUT2D eigenvalue weighted by Gasteiger charge is -2.11. The van der Waals surface area contributed by atoms with Gasteiger partial charge in [-0.1, -0.05) is 48.5 Å². The number of aryl methyl sites for hydroxylation is 1. The Kier molecular flexibility index (Phi) is 5.09. The molecular formula is C14H15ClN2O2S. The third-order valence-electron chi connectivity index (χ3n) is 2.87. The largest absolute Gasteiger partial charge is 0.481 e. The summed E-state index contributed by atoms with van der Waals surface area (Å²) in [5.74, 6) is -0.844. The molecular weight excluding hydrogens is 296 g/mol. The fourth-order valence-corrected chi connectivity index (χ4v) is 2.79.